The molecular formula is C7H14N2O3. The van der Waals surface area contributed by atoms with Crippen molar-refractivity contribution in [1.29, 1.82) is 0 Å². The van der Waals surface area contributed by atoms with E-state index < -0.39 is 5.97 Å². The Balaban J connectivity index is 3.64. The van der Waals surface area contributed by atoms with Gasteiger partial charge < -0.3 is 15.7 Å². The summed E-state index contributed by atoms with van der Waals surface area (Å²) in [6.07, 6.45) is 0. The van der Waals surface area contributed by atoms with Gasteiger partial charge in [-0.3, -0.25) is 9.59 Å². The monoisotopic (exact) mass is 174 g/mol. The number of carbonyl (C=O) groups excluding carboxylic acids is 1. The number of rotatable bonds is 5. The van der Waals surface area contributed by atoms with Crippen molar-refractivity contribution in [2.24, 2.45) is 5.92 Å². The highest BCUT2D eigenvalue weighted by atomic mass is 16.4. The summed E-state index contributed by atoms with van der Waals surface area (Å²) >= 11 is 0. The van der Waals surface area contributed by atoms with Crippen molar-refractivity contribution in [3.05, 3.63) is 0 Å². The van der Waals surface area contributed by atoms with Crippen LogP contribution < -0.4 is 10.6 Å². The van der Waals surface area contributed by atoms with Crippen LogP contribution in [0.4, 0.5) is 0 Å². The Hall–Kier alpha value is -1.10. The molecule has 0 heterocycles. The molecule has 0 aliphatic heterocycles. The van der Waals surface area contributed by atoms with Crippen molar-refractivity contribution in [1.82, 2.24) is 10.6 Å². The SMILES string of the molecule is CNCC(C)C(=O)NCC(=O)O. The van der Waals surface area contributed by atoms with Gasteiger partial charge in [-0.15, -0.1) is 0 Å². The molecule has 70 valence electrons. The average Bonchev–Trinajstić information content (AvgIpc) is 2.00. The van der Waals surface area contributed by atoms with Crippen LogP contribution in [-0.2, 0) is 9.59 Å². The van der Waals surface area contributed by atoms with E-state index in [1.165, 1.54) is 0 Å². The van der Waals surface area contributed by atoms with Gasteiger partial charge in [-0.25, -0.2) is 0 Å². The van der Waals surface area contributed by atoms with E-state index in [0.717, 1.165) is 0 Å². The number of carbonyl (C=O) groups is 2. The minimum atomic E-state index is -1.03. The fraction of sp³-hybridized carbons (Fsp3) is 0.714. The lowest BCUT2D eigenvalue weighted by molar-refractivity contribution is -0.138. The van der Waals surface area contributed by atoms with Crippen molar-refractivity contribution in [2.75, 3.05) is 20.1 Å². The topological polar surface area (TPSA) is 78.4 Å². The molecule has 1 amide bonds. The predicted molar refractivity (Wildman–Crippen MR) is 43.7 cm³/mol. The molecule has 0 rings (SSSR count). The molecule has 0 aromatic heterocycles. The Kier molecular flexibility index (Phi) is 5.03. The second-order valence-electron chi connectivity index (χ2n) is 2.57. The molecule has 0 aliphatic carbocycles. The number of carboxylic acids is 1. The van der Waals surface area contributed by atoms with E-state index in [0.29, 0.717) is 6.54 Å². The predicted octanol–water partition coefficient (Wildman–Crippen LogP) is -0.957. The van der Waals surface area contributed by atoms with E-state index in [4.69, 9.17) is 5.11 Å². The van der Waals surface area contributed by atoms with Crippen LogP contribution >= 0.6 is 0 Å². The maximum absolute atomic E-state index is 11.0. The summed E-state index contributed by atoms with van der Waals surface area (Å²) in [5, 5.41) is 13.4. The molecule has 0 aromatic rings. The van der Waals surface area contributed by atoms with Crippen molar-refractivity contribution >= 4 is 11.9 Å². The summed E-state index contributed by atoms with van der Waals surface area (Å²) in [6.45, 7) is 1.96. The van der Waals surface area contributed by atoms with Crippen LogP contribution in [0.1, 0.15) is 6.92 Å². The Morgan fingerprint density at radius 3 is 2.50 bits per heavy atom. The molecule has 12 heavy (non-hydrogen) atoms. The molecule has 0 bridgehead atoms. The first-order valence-electron chi connectivity index (χ1n) is 3.72. The van der Waals surface area contributed by atoms with E-state index in [1.54, 1.807) is 14.0 Å². The van der Waals surface area contributed by atoms with Crippen molar-refractivity contribution in [2.45, 2.75) is 6.92 Å². The van der Waals surface area contributed by atoms with Gasteiger partial charge in [0.1, 0.15) is 6.54 Å². The third-order valence-corrected chi connectivity index (χ3v) is 1.37. The van der Waals surface area contributed by atoms with Crippen LogP contribution in [-0.4, -0.2) is 37.1 Å². The lowest BCUT2D eigenvalue weighted by atomic mass is 10.1. The van der Waals surface area contributed by atoms with Crippen LogP contribution in [0.3, 0.4) is 0 Å². The minimum absolute atomic E-state index is 0.200. The van der Waals surface area contributed by atoms with Gasteiger partial charge in [-0.1, -0.05) is 6.92 Å². The first kappa shape index (κ1) is 10.9. The van der Waals surface area contributed by atoms with Crippen LogP contribution in [0.5, 0.6) is 0 Å². The van der Waals surface area contributed by atoms with Gasteiger partial charge in [0.15, 0.2) is 0 Å². The first-order valence-corrected chi connectivity index (χ1v) is 3.72. The highest BCUT2D eigenvalue weighted by Gasteiger charge is 2.11. The molecule has 0 aliphatic rings. The van der Waals surface area contributed by atoms with Crippen molar-refractivity contribution in [3.63, 3.8) is 0 Å². The van der Waals surface area contributed by atoms with E-state index in [1.807, 2.05) is 0 Å². The second-order valence-corrected chi connectivity index (χ2v) is 2.57. The Bertz CT molecular complexity index is 170. The zero-order valence-electron chi connectivity index (χ0n) is 7.26. The molecule has 1 unspecified atom stereocenters. The highest BCUT2D eigenvalue weighted by molar-refractivity contribution is 5.82. The standard InChI is InChI=1S/C7H14N2O3/c1-5(3-8-2)7(12)9-4-6(10)11/h5,8H,3-4H2,1-2H3,(H,9,12)(H,10,11). The summed E-state index contributed by atoms with van der Waals surface area (Å²) in [5.74, 6) is -1.47. The first-order chi connectivity index (χ1) is 5.57. The largest absolute Gasteiger partial charge is 0.480 e. The summed E-state index contributed by atoms with van der Waals surface area (Å²) in [7, 11) is 1.74. The molecule has 1 atom stereocenters. The fourth-order valence-corrected chi connectivity index (χ4v) is 0.736. The average molecular weight is 174 g/mol. The van der Waals surface area contributed by atoms with Crippen molar-refractivity contribution in [3.8, 4) is 0 Å². The van der Waals surface area contributed by atoms with Crippen molar-refractivity contribution < 1.29 is 14.7 Å². The summed E-state index contributed by atoms with van der Waals surface area (Å²) in [4.78, 5) is 21.1. The van der Waals surface area contributed by atoms with Gasteiger partial charge in [0, 0.05) is 12.5 Å². The maximum atomic E-state index is 11.0. The van der Waals surface area contributed by atoms with E-state index in [-0.39, 0.29) is 18.4 Å². The summed E-state index contributed by atoms with van der Waals surface area (Å²) < 4.78 is 0. The molecule has 0 saturated heterocycles. The Morgan fingerprint density at radius 1 is 1.50 bits per heavy atom. The smallest absolute Gasteiger partial charge is 0.322 e. The van der Waals surface area contributed by atoms with Gasteiger partial charge in [0.25, 0.3) is 0 Å². The molecule has 0 spiro atoms. The molecule has 3 N–H and O–H groups in total. The summed E-state index contributed by atoms with van der Waals surface area (Å²) in [6, 6.07) is 0. The summed E-state index contributed by atoms with van der Waals surface area (Å²) in [5.41, 5.74) is 0. The van der Waals surface area contributed by atoms with Gasteiger partial charge in [-0.05, 0) is 7.05 Å². The quantitative estimate of drug-likeness (QED) is 0.501. The molecule has 0 fully saturated rings. The Morgan fingerprint density at radius 2 is 2.08 bits per heavy atom. The zero-order valence-corrected chi connectivity index (χ0v) is 7.26. The molecule has 5 heteroatoms. The van der Waals surface area contributed by atoms with Crippen LogP contribution in [0, 0.1) is 5.92 Å². The van der Waals surface area contributed by atoms with Crippen LogP contribution in [0.2, 0.25) is 0 Å². The molecule has 0 saturated carbocycles. The number of carboxylic acid groups (broad SMARTS) is 1. The number of amides is 1. The number of hydrogen-bond donors (Lipinski definition) is 3. The zero-order chi connectivity index (χ0) is 9.56. The fourth-order valence-electron chi connectivity index (χ4n) is 0.736. The molecule has 0 aromatic carbocycles. The van der Waals surface area contributed by atoms with Gasteiger partial charge in [0.2, 0.25) is 5.91 Å². The number of aliphatic carboxylic acids is 1. The van der Waals surface area contributed by atoms with Gasteiger partial charge in [0.05, 0.1) is 0 Å². The van der Waals surface area contributed by atoms with E-state index in [2.05, 4.69) is 10.6 Å². The van der Waals surface area contributed by atoms with E-state index in [9.17, 15) is 9.59 Å². The third kappa shape index (κ3) is 4.68. The Labute approximate surface area is 71.1 Å². The number of hydrogen-bond acceptors (Lipinski definition) is 3. The van der Waals surface area contributed by atoms with Crippen LogP contribution in [0.25, 0.3) is 0 Å². The minimum Gasteiger partial charge on any atom is -0.480 e. The van der Waals surface area contributed by atoms with Gasteiger partial charge in [-0.2, -0.15) is 0 Å². The van der Waals surface area contributed by atoms with Gasteiger partial charge >= 0.3 is 5.97 Å². The van der Waals surface area contributed by atoms with Crippen LogP contribution in [0.15, 0.2) is 0 Å². The maximum Gasteiger partial charge on any atom is 0.322 e. The molecule has 5 nitrogen and oxygen atoms in total. The molecule has 0 radical (unpaired) electrons. The van der Waals surface area contributed by atoms with E-state index >= 15 is 0 Å². The third-order valence-electron chi connectivity index (χ3n) is 1.37. The number of nitrogens with one attached hydrogen (secondary N) is 2. The lowest BCUT2D eigenvalue weighted by Gasteiger charge is -2.09. The second kappa shape index (κ2) is 5.54. The normalized spacial score (nSPS) is 12.2. The lowest BCUT2D eigenvalue weighted by Crippen LogP contribution is -2.37. The highest BCUT2D eigenvalue weighted by Crippen LogP contribution is 1.90. The molecular weight excluding hydrogens is 160 g/mol.